The van der Waals surface area contributed by atoms with Gasteiger partial charge in [-0.05, 0) is 49.9 Å². The van der Waals surface area contributed by atoms with Gasteiger partial charge in [-0.2, -0.15) is 0 Å². The molecule has 0 spiro atoms. The number of piperidine rings is 1. The summed E-state index contributed by atoms with van der Waals surface area (Å²) in [6.07, 6.45) is 4.01. The topological polar surface area (TPSA) is 58.1 Å². The van der Waals surface area contributed by atoms with Crippen molar-refractivity contribution in [2.24, 2.45) is 5.92 Å². The van der Waals surface area contributed by atoms with Crippen molar-refractivity contribution in [1.29, 1.82) is 0 Å². The van der Waals surface area contributed by atoms with Gasteiger partial charge in [0, 0.05) is 30.4 Å². The molecule has 2 heterocycles. The van der Waals surface area contributed by atoms with Crippen LogP contribution in [0.4, 0.5) is 17.3 Å². The Hall–Kier alpha value is -2.43. The van der Waals surface area contributed by atoms with E-state index < -0.39 is 0 Å². The van der Waals surface area contributed by atoms with Gasteiger partial charge in [0.1, 0.15) is 18.0 Å². The first-order valence-electron chi connectivity index (χ1n) is 8.07. The number of carbonyl (C=O) groups is 1. The monoisotopic (exact) mass is 310 g/mol. The van der Waals surface area contributed by atoms with Crippen molar-refractivity contribution in [1.82, 2.24) is 9.97 Å². The number of anilines is 3. The molecule has 1 aliphatic rings. The molecule has 0 aliphatic carbocycles. The Morgan fingerprint density at radius 3 is 2.52 bits per heavy atom. The first-order chi connectivity index (χ1) is 11.1. The molecule has 23 heavy (non-hydrogen) atoms. The van der Waals surface area contributed by atoms with E-state index >= 15 is 0 Å². The van der Waals surface area contributed by atoms with Gasteiger partial charge in [-0.1, -0.05) is 6.92 Å². The molecule has 0 atom stereocenters. The summed E-state index contributed by atoms with van der Waals surface area (Å²) in [6.45, 7) is 5.96. The van der Waals surface area contributed by atoms with Crippen LogP contribution in [0.25, 0.3) is 0 Å². The molecule has 1 aliphatic heterocycles. The van der Waals surface area contributed by atoms with Gasteiger partial charge in [0.15, 0.2) is 5.78 Å². The van der Waals surface area contributed by atoms with E-state index in [0.717, 1.165) is 36.3 Å². The Labute approximate surface area is 136 Å². The highest BCUT2D eigenvalue weighted by atomic mass is 16.1. The van der Waals surface area contributed by atoms with Crippen LogP contribution >= 0.6 is 0 Å². The summed E-state index contributed by atoms with van der Waals surface area (Å²) in [5, 5.41) is 3.27. The number of aromatic nitrogens is 2. The molecule has 120 valence electrons. The first kappa shape index (κ1) is 15.5. The molecular formula is C18H22N4O. The number of rotatable bonds is 4. The van der Waals surface area contributed by atoms with Gasteiger partial charge >= 0.3 is 0 Å². The van der Waals surface area contributed by atoms with Gasteiger partial charge in [0.2, 0.25) is 0 Å². The maximum absolute atomic E-state index is 11.3. The number of nitrogens with zero attached hydrogens (tertiary/aromatic N) is 3. The lowest BCUT2D eigenvalue weighted by atomic mass is 9.99. The van der Waals surface area contributed by atoms with Crippen LogP contribution in [0.1, 0.15) is 37.0 Å². The molecule has 0 bridgehead atoms. The highest BCUT2D eigenvalue weighted by Crippen LogP contribution is 2.23. The maximum Gasteiger partial charge on any atom is 0.159 e. The minimum Gasteiger partial charge on any atom is -0.356 e. The highest BCUT2D eigenvalue weighted by Gasteiger charge is 2.17. The summed E-state index contributed by atoms with van der Waals surface area (Å²) in [5.41, 5.74) is 1.62. The van der Waals surface area contributed by atoms with E-state index in [-0.39, 0.29) is 5.78 Å². The van der Waals surface area contributed by atoms with Gasteiger partial charge in [-0.3, -0.25) is 4.79 Å². The molecule has 1 saturated heterocycles. The van der Waals surface area contributed by atoms with E-state index in [2.05, 4.69) is 27.1 Å². The van der Waals surface area contributed by atoms with Crippen LogP contribution in [-0.2, 0) is 0 Å². The first-order valence-corrected chi connectivity index (χ1v) is 8.07. The van der Waals surface area contributed by atoms with Crippen LogP contribution in [0.5, 0.6) is 0 Å². The van der Waals surface area contributed by atoms with Gasteiger partial charge < -0.3 is 10.2 Å². The van der Waals surface area contributed by atoms with Crippen LogP contribution in [-0.4, -0.2) is 28.8 Å². The second-order valence-electron chi connectivity index (χ2n) is 6.19. The molecule has 1 aromatic carbocycles. The quantitative estimate of drug-likeness (QED) is 0.873. The maximum atomic E-state index is 11.3. The third-order valence-electron chi connectivity index (χ3n) is 4.32. The standard InChI is InChI=1S/C18H22N4O/c1-13-7-9-22(10-8-13)18-11-17(19-12-20-18)21-16-5-3-15(4-6-16)14(2)23/h3-6,11-13H,7-10H2,1-2H3,(H,19,20,21). The van der Waals surface area contributed by atoms with Crippen molar-refractivity contribution >= 4 is 23.1 Å². The number of nitrogens with one attached hydrogen (secondary N) is 1. The van der Waals surface area contributed by atoms with Crippen LogP contribution in [0.15, 0.2) is 36.7 Å². The van der Waals surface area contributed by atoms with Gasteiger partial charge in [0.05, 0.1) is 0 Å². The van der Waals surface area contributed by atoms with Crippen LogP contribution in [0.3, 0.4) is 0 Å². The Morgan fingerprint density at radius 2 is 1.87 bits per heavy atom. The van der Waals surface area contributed by atoms with Crippen molar-refractivity contribution in [3.05, 3.63) is 42.2 Å². The molecule has 5 heteroatoms. The van der Waals surface area contributed by atoms with Crippen molar-refractivity contribution in [3.63, 3.8) is 0 Å². The summed E-state index contributed by atoms with van der Waals surface area (Å²) in [4.78, 5) is 22.3. The SMILES string of the molecule is CC(=O)c1ccc(Nc2cc(N3CCC(C)CC3)ncn2)cc1. The molecule has 1 fully saturated rings. The fourth-order valence-corrected chi connectivity index (χ4v) is 2.76. The fourth-order valence-electron chi connectivity index (χ4n) is 2.76. The van der Waals surface area contributed by atoms with Gasteiger partial charge in [-0.25, -0.2) is 9.97 Å². The van der Waals surface area contributed by atoms with E-state index in [0.29, 0.717) is 5.56 Å². The third kappa shape index (κ3) is 3.86. The molecule has 1 N–H and O–H groups in total. The average Bonchev–Trinajstić information content (AvgIpc) is 2.56. The van der Waals surface area contributed by atoms with Gasteiger partial charge in [-0.15, -0.1) is 0 Å². The van der Waals surface area contributed by atoms with E-state index in [4.69, 9.17) is 0 Å². The molecule has 0 radical (unpaired) electrons. The lowest BCUT2D eigenvalue weighted by molar-refractivity contribution is 0.101. The zero-order valence-corrected chi connectivity index (χ0v) is 13.6. The molecule has 3 rings (SSSR count). The minimum absolute atomic E-state index is 0.0696. The molecule has 0 saturated carbocycles. The average molecular weight is 310 g/mol. The van der Waals surface area contributed by atoms with Crippen molar-refractivity contribution in [3.8, 4) is 0 Å². The summed E-state index contributed by atoms with van der Waals surface area (Å²) in [7, 11) is 0. The second kappa shape index (κ2) is 6.77. The zero-order valence-electron chi connectivity index (χ0n) is 13.6. The Kier molecular flexibility index (Phi) is 4.55. The van der Waals surface area contributed by atoms with E-state index in [1.54, 1.807) is 13.3 Å². The predicted molar refractivity (Wildman–Crippen MR) is 92.4 cm³/mol. The number of hydrogen-bond donors (Lipinski definition) is 1. The number of benzene rings is 1. The molecule has 5 nitrogen and oxygen atoms in total. The number of Topliss-reactive ketones (excluding diaryl/α,β-unsaturated/α-hetero) is 1. The van der Waals surface area contributed by atoms with Crippen LogP contribution in [0.2, 0.25) is 0 Å². The molecule has 0 unspecified atom stereocenters. The molecular weight excluding hydrogens is 288 g/mol. The smallest absolute Gasteiger partial charge is 0.159 e. The lowest BCUT2D eigenvalue weighted by Gasteiger charge is -2.31. The van der Waals surface area contributed by atoms with Crippen LogP contribution in [0, 0.1) is 5.92 Å². The van der Waals surface area contributed by atoms with Crippen LogP contribution < -0.4 is 10.2 Å². The zero-order chi connectivity index (χ0) is 16.2. The van der Waals surface area contributed by atoms with Gasteiger partial charge in [0.25, 0.3) is 0 Å². The molecule has 2 aromatic rings. The Bertz CT molecular complexity index is 676. The normalized spacial score (nSPS) is 15.5. The highest BCUT2D eigenvalue weighted by molar-refractivity contribution is 5.94. The number of ketones is 1. The van der Waals surface area contributed by atoms with Crippen molar-refractivity contribution in [2.75, 3.05) is 23.3 Å². The summed E-state index contributed by atoms with van der Waals surface area (Å²) < 4.78 is 0. The minimum atomic E-state index is 0.0696. The molecule has 1 aromatic heterocycles. The van der Waals surface area contributed by atoms with E-state index in [1.165, 1.54) is 12.8 Å². The summed E-state index contributed by atoms with van der Waals surface area (Å²) >= 11 is 0. The predicted octanol–water partition coefficient (Wildman–Crippen LogP) is 3.66. The summed E-state index contributed by atoms with van der Waals surface area (Å²) in [5.74, 6) is 2.60. The molecule has 0 amide bonds. The number of hydrogen-bond acceptors (Lipinski definition) is 5. The summed E-state index contributed by atoms with van der Waals surface area (Å²) in [6, 6.07) is 9.40. The fraction of sp³-hybridized carbons (Fsp3) is 0.389. The Balaban J connectivity index is 1.71. The second-order valence-corrected chi connectivity index (χ2v) is 6.19. The Morgan fingerprint density at radius 1 is 1.17 bits per heavy atom. The number of carbonyl (C=O) groups excluding carboxylic acids is 1. The lowest BCUT2D eigenvalue weighted by Crippen LogP contribution is -2.33. The largest absolute Gasteiger partial charge is 0.356 e. The van der Waals surface area contributed by atoms with E-state index in [9.17, 15) is 4.79 Å². The van der Waals surface area contributed by atoms with E-state index in [1.807, 2.05) is 30.3 Å². The third-order valence-corrected chi connectivity index (χ3v) is 4.32. The van der Waals surface area contributed by atoms with Crippen molar-refractivity contribution in [2.45, 2.75) is 26.7 Å². The van der Waals surface area contributed by atoms with Crippen molar-refractivity contribution < 1.29 is 4.79 Å².